The normalized spacial score (nSPS) is 12.0. The quantitative estimate of drug-likeness (QED) is 0.798. The smallest absolute Gasteiger partial charge is 0.240 e. The van der Waals surface area contributed by atoms with E-state index < -0.39 is 15.8 Å². The van der Waals surface area contributed by atoms with Crippen molar-refractivity contribution in [3.63, 3.8) is 0 Å². The number of rotatable bonds is 4. The van der Waals surface area contributed by atoms with Gasteiger partial charge in [0.05, 0.1) is 4.90 Å². The van der Waals surface area contributed by atoms with Crippen LogP contribution in [0.25, 0.3) is 10.9 Å². The molecule has 3 rings (SSSR count). The summed E-state index contributed by atoms with van der Waals surface area (Å²) in [6.45, 7) is 2.21. The van der Waals surface area contributed by atoms with E-state index in [-0.39, 0.29) is 11.4 Å². The van der Waals surface area contributed by atoms with Gasteiger partial charge >= 0.3 is 0 Å². The van der Waals surface area contributed by atoms with Gasteiger partial charge in [0.15, 0.2) is 0 Å². The van der Waals surface area contributed by atoms with Crippen LogP contribution < -0.4 is 4.72 Å². The Bertz CT molecular complexity index is 960. The number of sulfonamides is 1. The first-order valence-electron chi connectivity index (χ1n) is 7.17. The summed E-state index contributed by atoms with van der Waals surface area (Å²) in [5.41, 5.74) is 3.12. The van der Waals surface area contributed by atoms with Crippen LogP contribution in [-0.2, 0) is 23.6 Å². The molecule has 0 aliphatic carbocycles. The first-order chi connectivity index (χ1) is 10.9. The third-order valence-electron chi connectivity index (χ3n) is 3.94. The number of benzene rings is 2. The number of fused-ring (bicyclic) bond motifs is 1. The molecule has 0 bridgehead atoms. The predicted molar refractivity (Wildman–Crippen MR) is 88.1 cm³/mol. The van der Waals surface area contributed by atoms with Gasteiger partial charge in [0.25, 0.3) is 0 Å². The van der Waals surface area contributed by atoms with Crippen molar-refractivity contribution < 1.29 is 12.8 Å². The van der Waals surface area contributed by atoms with Gasteiger partial charge in [0.1, 0.15) is 5.82 Å². The van der Waals surface area contributed by atoms with Crippen LogP contribution >= 0.6 is 0 Å². The number of halogens is 1. The van der Waals surface area contributed by atoms with Gasteiger partial charge in [-0.25, -0.2) is 17.5 Å². The van der Waals surface area contributed by atoms with Crippen molar-refractivity contribution in [2.24, 2.45) is 7.05 Å². The van der Waals surface area contributed by atoms with Gasteiger partial charge in [-0.05, 0) is 55.0 Å². The lowest BCUT2D eigenvalue weighted by Crippen LogP contribution is -2.23. The molecule has 4 nitrogen and oxygen atoms in total. The van der Waals surface area contributed by atoms with E-state index in [0.717, 1.165) is 34.3 Å². The molecule has 0 aliphatic rings. The third-order valence-corrected chi connectivity index (χ3v) is 5.35. The van der Waals surface area contributed by atoms with Gasteiger partial charge in [-0.15, -0.1) is 0 Å². The minimum absolute atomic E-state index is 0.0514. The van der Waals surface area contributed by atoms with E-state index in [1.807, 2.05) is 32.2 Å². The SMILES string of the molecule is Cc1cc2cc(CNS(=O)(=O)c3ccc(F)cc3)ccc2n1C. The largest absolute Gasteiger partial charge is 0.348 e. The van der Waals surface area contributed by atoms with Crippen molar-refractivity contribution >= 4 is 20.9 Å². The van der Waals surface area contributed by atoms with E-state index in [2.05, 4.69) is 15.4 Å². The minimum Gasteiger partial charge on any atom is -0.348 e. The number of nitrogens with one attached hydrogen (secondary N) is 1. The molecule has 2 aromatic carbocycles. The molecule has 0 atom stereocenters. The van der Waals surface area contributed by atoms with Crippen LogP contribution in [0.5, 0.6) is 0 Å². The molecule has 120 valence electrons. The molecule has 0 unspecified atom stereocenters. The summed E-state index contributed by atoms with van der Waals surface area (Å²) in [6, 6.07) is 12.7. The Kier molecular flexibility index (Phi) is 3.95. The van der Waals surface area contributed by atoms with Crippen LogP contribution in [0.3, 0.4) is 0 Å². The number of hydrogen-bond donors (Lipinski definition) is 1. The Morgan fingerprint density at radius 1 is 1.09 bits per heavy atom. The summed E-state index contributed by atoms with van der Waals surface area (Å²) in [4.78, 5) is 0.0514. The molecular formula is C17H17FN2O2S. The fourth-order valence-corrected chi connectivity index (χ4v) is 3.54. The van der Waals surface area contributed by atoms with Crippen LogP contribution in [0.1, 0.15) is 11.3 Å². The molecule has 1 N–H and O–H groups in total. The van der Waals surface area contributed by atoms with Crippen LogP contribution in [0.15, 0.2) is 53.4 Å². The molecule has 1 aromatic heterocycles. The monoisotopic (exact) mass is 332 g/mol. The molecule has 0 saturated carbocycles. The molecule has 0 radical (unpaired) electrons. The molecular weight excluding hydrogens is 315 g/mol. The first kappa shape index (κ1) is 15.7. The maximum absolute atomic E-state index is 12.9. The zero-order valence-corrected chi connectivity index (χ0v) is 13.7. The van der Waals surface area contributed by atoms with Crippen molar-refractivity contribution in [3.8, 4) is 0 Å². The molecule has 0 aliphatic heterocycles. The summed E-state index contributed by atoms with van der Waals surface area (Å²) < 4.78 is 41.9. The number of aromatic nitrogens is 1. The van der Waals surface area contributed by atoms with Crippen LogP contribution in [0.2, 0.25) is 0 Å². The Balaban J connectivity index is 1.81. The lowest BCUT2D eigenvalue weighted by Gasteiger charge is -2.07. The highest BCUT2D eigenvalue weighted by molar-refractivity contribution is 7.89. The van der Waals surface area contributed by atoms with E-state index >= 15 is 0 Å². The summed E-state index contributed by atoms with van der Waals surface area (Å²) in [5.74, 6) is -0.464. The lowest BCUT2D eigenvalue weighted by atomic mass is 10.1. The minimum atomic E-state index is -3.65. The topological polar surface area (TPSA) is 51.1 Å². The molecule has 0 spiro atoms. The van der Waals surface area contributed by atoms with E-state index in [1.54, 1.807) is 0 Å². The number of nitrogens with zero attached hydrogens (tertiary/aromatic N) is 1. The van der Waals surface area contributed by atoms with Crippen molar-refractivity contribution in [1.82, 2.24) is 9.29 Å². The molecule has 0 amide bonds. The van der Waals surface area contributed by atoms with Gasteiger partial charge in [-0.1, -0.05) is 6.07 Å². The van der Waals surface area contributed by atoms with Gasteiger partial charge < -0.3 is 4.57 Å². The molecule has 1 heterocycles. The second-order valence-corrected chi connectivity index (χ2v) is 7.28. The zero-order chi connectivity index (χ0) is 16.6. The lowest BCUT2D eigenvalue weighted by molar-refractivity contribution is 0.580. The zero-order valence-electron chi connectivity index (χ0n) is 12.9. The van der Waals surface area contributed by atoms with Crippen LogP contribution in [-0.4, -0.2) is 13.0 Å². The van der Waals surface area contributed by atoms with Gasteiger partial charge in [0, 0.05) is 30.2 Å². The van der Waals surface area contributed by atoms with Gasteiger partial charge in [-0.3, -0.25) is 0 Å². The second kappa shape index (κ2) is 5.79. The third kappa shape index (κ3) is 3.13. The van der Waals surface area contributed by atoms with Gasteiger partial charge in [0.2, 0.25) is 10.0 Å². The van der Waals surface area contributed by atoms with E-state index in [9.17, 15) is 12.8 Å². The van der Waals surface area contributed by atoms with Gasteiger partial charge in [-0.2, -0.15) is 0 Å². The molecule has 23 heavy (non-hydrogen) atoms. The highest BCUT2D eigenvalue weighted by Gasteiger charge is 2.14. The van der Waals surface area contributed by atoms with Crippen LogP contribution in [0, 0.1) is 12.7 Å². The average Bonchev–Trinajstić information content (AvgIpc) is 2.80. The van der Waals surface area contributed by atoms with Crippen molar-refractivity contribution in [2.75, 3.05) is 0 Å². The predicted octanol–water partition coefficient (Wildman–Crippen LogP) is 3.10. The second-order valence-electron chi connectivity index (χ2n) is 5.52. The molecule has 3 aromatic rings. The molecule has 6 heteroatoms. The first-order valence-corrected chi connectivity index (χ1v) is 8.65. The van der Waals surface area contributed by atoms with Crippen LogP contribution in [0.4, 0.5) is 4.39 Å². The maximum Gasteiger partial charge on any atom is 0.240 e. The fourth-order valence-electron chi connectivity index (χ4n) is 2.52. The van der Waals surface area contributed by atoms with Crippen molar-refractivity contribution in [2.45, 2.75) is 18.4 Å². The maximum atomic E-state index is 12.9. The van der Waals surface area contributed by atoms with E-state index in [4.69, 9.17) is 0 Å². The Morgan fingerprint density at radius 3 is 2.48 bits per heavy atom. The fraction of sp³-hybridized carbons (Fsp3) is 0.176. The Morgan fingerprint density at radius 2 is 1.78 bits per heavy atom. The highest BCUT2D eigenvalue weighted by Crippen LogP contribution is 2.20. The van der Waals surface area contributed by atoms with Crippen molar-refractivity contribution in [3.05, 3.63) is 65.6 Å². The van der Waals surface area contributed by atoms with Crippen molar-refractivity contribution in [1.29, 1.82) is 0 Å². The molecule has 0 fully saturated rings. The average molecular weight is 332 g/mol. The Hall–Kier alpha value is -2.18. The number of hydrogen-bond acceptors (Lipinski definition) is 2. The number of aryl methyl sites for hydroxylation is 2. The summed E-state index contributed by atoms with van der Waals surface area (Å²) >= 11 is 0. The summed E-state index contributed by atoms with van der Waals surface area (Å²) in [5, 5.41) is 1.07. The highest BCUT2D eigenvalue weighted by atomic mass is 32.2. The Labute approximate surface area is 134 Å². The standard InChI is InChI=1S/C17H17FN2O2S/c1-12-9-14-10-13(3-8-17(14)20(12)2)11-19-23(21,22)16-6-4-15(18)5-7-16/h3-10,19H,11H2,1-2H3. The van der Waals surface area contributed by atoms with E-state index in [1.165, 1.54) is 12.1 Å². The molecule has 0 saturated heterocycles. The summed E-state index contributed by atoms with van der Waals surface area (Å²) in [6.07, 6.45) is 0. The summed E-state index contributed by atoms with van der Waals surface area (Å²) in [7, 11) is -1.66. The van der Waals surface area contributed by atoms with E-state index in [0.29, 0.717) is 0 Å².